The van der Waals surface area contributed by atoms with E-state index < -0.39 is 5.97 Å². The Bertz CT molecular complexity index is 713. The first kappa shape index (κ1) is 12.9. The van der Waals surface area contributed by atoms with E-state index in [0.717, 1.165) is 28.6 Å². The summed E-state index contributed by atoms with van der Waals surface area (Å²) in [5.74, 6) is -0.964. The van der Waals surface area contributed by atoms with Gasteiger partial charge in [0.2, 0.25) is 0 Å². The summed E-state index contributed by atoms with van der Waals surface area (Å²) in [5, 5.41) is 9.85. The first-order chi connectivity index (χ1) is 9.44. The van der Waals surface area contributed by atoms with Gasteiger partial charge < -0.3 is 14.8 Å². The number of carboxylic acids is 1. The number of hydrogen-bond acceptors (Lipinski definition) is 3. The second-order valence-electron chi connectivity index (χ2n) is 5.52. The van der Waals surface area contributed by atoms with Gasteiger partial charge in [-0.1, -0.05) is 0 Å². The van der Waals surface area contributed by atoms with Gasteiger partial charge in [-0.15, -0.1) is 0 Å². The minimum Gasteiger partial charge on any atom is -0.477 e. The molecule has 0 atom stereocenters. The molecule has 0 spiro atoms. The van der Waals surface area contributed by atoms with Gasteiger partial charge in [-0.25, -0.2) is 4.79 Å². The second kappa shape index (κ2) is 4.45. The normalized spacial score (nSPS) is 18.0. The summed E-state index contributed by atoms with van der Waals surface area (Å²) in [7, 11) is 0. The van der Waals surface area contributed by atoms with Crippen LogP contribution in [0.15, 0.2) is 24.4 Å². The zero-order valence-corrected chi connectivity index (χ0v) is 11.4. The van der Waals surface area contributed by atoms with Gasteiger partial charge in [-0.3, -0.25) is 4.98 Å². The molecule has 0 saturated heterocycles. The summed E-state index contributed by atoms with van der Waals surface area (Å²) in [6.45, 7) is 4.71. The molecule has 20 heavy (non-hydrogen) atoms. The van der Waals surface area contributed by atoms with Gasteiger partial charge in [0, 0.05) is 5.39 Å². The molecule has 2 aromatic rings. The van der Waals surface area contributed by atoms with Crippen molar-refractivity contribution in [2.45, 2.75) is 25.9 Å². The Kier molecular flexibility index (Phi) is 2.87. The van der Waals surface area contributed by atoms with Crippen molar-refractivity contribution in [2.24, 2.45) is 0 Å². The van der Waals surface area contributed by atoms with Crippen LogP contribution in [-0.2, 0) is 4.74 Å². The number of nitrogens with zero attached hydrogens (tertiary/aromatic N) is 1. The molecule has 3 heterocycles. The Labute approximate surface area is 116 Å². The molecule has 2 aromatic heterocycles. The zero-order valence-electron chi connectivity index (χ0n) is 11.4. The quantitative estimate of drug-likeness (QED) is 0.881. The molecule has 0 bridgehead atoms. The van der Waals surface area contributed by atoms with Gasteiger partial charge in [0.25, 0.3) is 0 Å². The number of aromatic carboxylic acids is 1. The number of aromatic nitrogens is 2. The third-order valence-corrected chi connectivity index (χ3v) is 3.43. The summed E-state index contributed by atoms with van der Waals surface area (Å²) < 4.78 is 5.65. The smallest absolute Gasteiger partial charge is 0.352 e. The predicted molar refractivity (Wildman–Crippen MR) is 75.7 cm³/mol. The lowest BCUT2D eigenvalue weighted by Crippen LogP contribution is -2.26. The van der Waals surface area contributed by atoms with Gasteiger partial charge in [0.1, 0.15) is 5.69 Å². The second-order valence-corrected chi connectivity index (χ2v) is 5.52. The molecule has 1 aliphatic rings. The number of fused-ring (bicyclic) bond motifs is 1. The van der Waals surface area contributed by atoms with Gasteiger partial charge in [0.15, 0.2) is 0 Å². The number of ether oxygens (including phenoxy) is 1. The van der Waals surface area contributed by atoms with Crippen molar-refractivity contribution in [2.75, 3.05) is 6.61 Å². The minimum absolute atomic E-state index is 0.181. The van der Waals surface area contributed by atoms with Crippen LogP contribution >= 0.6 is 0 Å². The number of hydrogen-bond donors (Lipinski definition) is 2. The molecule has 0 radical (unpaired) electrons. The highest BCUT2D eigenvalue weighted by Gasteiger charge is 2.22. The highest BCUT2D eigenvalue weighted by Crippen LogP contribution is 2.29. The van der Waals surface area contributed by atoms with E-state index in [1.54, 1.807) is 12.3 Å². The standard InChI is InChI=1S/C15H16N2O3/c1-15(2)7-9(3-4-20-15)11-5-10-6-12(14(18)19)17-13(10)8-16-11/h5-8,17H,3-4H2,1-2H3,(H,18,19). The molecular formula is C15H16N2O3. The minimum atomic E-state index is -0.964. The molecule has 0 fully saturated rings. The summed E-state index contributed by atoms with van der Waals surface area (Å²) in [6.07, 6.45) is 4.58. The van der Waals surface area contributed by atoms with Crippen LogP contribution in [0.25, 0.3) is 16.5 Å². The van der Waals surface area contributed by atoms with Crippen molar-refractivity contribution in [1.29, 1.82) is 0 Å². The third-order valence-electron chi connectivity index (χ3n) is 3.43. The maximum absolute atomic E-state index is 11.0. The average Bonchev–Trinajstić information content (AvgIpc) is 2.80. The summed E-state index contributed by atoms with van der Waals surface area (Å²) in [6, 6.07) is 3.55. The SMILES string of the molecule is CC1(C)C=C(c2cc3cc(C(=O)O)[nH]c3cn2)CCO1. The van der Waals surface area contributed by atoms with Crippen molar-refractivity contribution < 1.29 is 14.6 Å². The van der Waals surface area contributed by atoms with Crippen molar-refractivity contribution >= 4 is 22.4 Å². The molecule has 0 aromatic carbocycles. The maximum atomic E-state index is 11.0. The first-order valence-corrected chi connectivity index (χ1v) is 6.53. The largest absolute Gasteiger partial charge is 0.477 e. The highest BCUT2D eigenvalue weighted by atomic mass is 16.5. The first-order valence-electron chi connectivity index (χ1n) is 6.53. The van der Waals surface area contributed by atoms with Gasteiger partial charge in [-0.05, 0) is 44.1 Å². The number of carboxylic acid groups (broad SMARTS) is 1. The lowest BCUT2D eigenvalue weighted by atomic mass is 9.97. The molecule has 2 N–H and O–H groups in total. The van der Waals surface area contributed by atoms with Crippen LogP contribution in [0.2, 0.25) is 0 Å². The molecule has 0 aliphatic carbocycles. The van der Waals surface area contributed by atoms with Crippen LogP contribution in [0.4, 0.5) is 0 Å². The molecule has 104 valence electrons. The maximum Gasteiger partial charge on any atom is 0.352 e. The van der Waals surface area contributed by atoms with E-state index in [-0.39, 0.29) is 11.3 Å². The number of nitrogens with one attached hydrogen (secondary N) is 1. The van der Waals surface area contributed by atoms with E-state index in [0.29, 0.717) is 6.61 Å². The topological polar surface area (TPSA) is 75.2 Å². The monoisotopic (exact) mass is 272 g/mol. The molecule has 0 saturated carbocycles. The Hall–Kier alpha value is -2.14. The lowest BCUT2D eigenvalue weighted by Gasteiger charge is -2.28. The number of carbonyl (C=O) groups is 1. The fourth-order valence-corrected chi connectivity index (χ4v) is 2.48. The van der Waals surface area contributed by atoms with E-state index >= 15 is 0 Å². The Morgan fingerprint density at radius 1 is 1.45 bits per heavy atom. The Morgan fingerprint density at radius 2 is 2.25 bits per heavy atom. The Morgan fingerprint density at radius 3 is 2.95 bits per heavy atom. The molecular weight excluding hydrogens is 256 g/mol. The molecule has 0 amide bonds. The predicted octanol–water partition coefficient (Wildman–Crippen LogP) is 2.84. The molecule has 0 unspecified atom stereocenters. The summed E-state index contributed by atoms with van der Waals surface area (Å²) in [4.78, 5) is 18.2. The summed E-state index contributed by atoms with van der Waals surface area (Å²) in [5.41, 5.74) is 2.65. The number of pyridine rings is 1. The average molecular weight is 272 g/mol. The van der Waals surface area contributed by atoms with E-state index in [1.165, 1.54) is 0 Å². The van der Waals surface area contributed by atoms with Crippen LogP contribution in [0.5, 0.6) is 0 Å². The van der Waals surface area contributed by atoms with Crippen molar-refractivity contribution in [3.63, 3.8) is 0 Å². The fourth-order valence-electron chi connectivity index (χ4n) is 2.48. The number of aromatic amines is 1. The molecule has 5 heteroatoms. The molecule has 5 nitrogen and oxygen atoms in total. The molecule has 3 rings (SSSR count). The van der Waals surface area contributed by atoms with Crippen LogP contribution in [0.1, 0.15) is 36.5 Å². The van der Waals surface area contributed by atoms with E-state index in [1.807, 2.05) is 19.9 Å². The van der Waals surface area contributed by atoms with E-state index in [4.69, 9.17) is 9.84 Å². The highest BCUT2D eigenvalue weighted by molar-refractivity contribution is 5.94. The van der Waals surface area contributed by atoms with Crippen molar-refractivity contribution in [3.05, 3.63) is 35.8 Å². The summed E-state index contributed by atoms with van der Waals surface area (Å²) >= 11 is 0. The van der Waals surface area contributed by atoms with Crippen LogP contribution in [0, 0.1) is 0 Å². The van der Waals surface area contributed by atoms with Gasteiger partial charge >= 0.3 is 5.97 Å². The van der Waals surface area contributed by atoms with E-state index in [9.17, 15) is 4.79 Å². The Balaban J connectivity index is 2.05. The van der Waals surface area contributed by atoms with Gasteiger partial charge in [-0.2, -0.15) is 0 Å². The van der Waals surface area contributed by atoms with E-state index in [2.05, 4.69) is 16.0 Å². The van der Waals surface area contributed by atoms with Crippen LogP contribution in [0.3, 0.4) is 0 Å². The van der Waals surface area contributed by atoms with Crippen LogP contribution < -0.4 is 0 Å². The lowest BCUT2D eigenvalue weighted by molar-refractivity contribution is 0.0164. The number of rotatable bonds is 2. The molecule has 1 aliphatic heterocycles. The van der Waals surface area contributed by atoms with Crippen LogP contribution in [-0.4, -0.2) is 33.3 Å². The third kappa shape index (κ3) is 2.32. The fraction of sp³-hybridized carbons (Fsp3) is 0.333. The van der Waals surface area contributed by atoms with Crippen molar-refractivity contribution in [3.8, 4) is 0 Å². The van der Waals surface area contributed by atoms with Gasteiger partial charge in [0.05, 0.1) is 29.6 Å². The number of H-pyrrole nitrogens is 1. The zero-order chi connectivity index (χ0) is 14.3. The van der Waals surface area contributed by atoms with Crippen molar-refractivity contribution in [1.82, 2.24) is 9.97 Å².